The van der Waals surface area contributed by atoms with E-state index in [1.54, 1.807) is 12.1 Å². The van der Waals surface area contributed by atoms with Gasteiger partial charge in [0, 0.05) is 38.9 Å². The van der Waals surface area contributed by atoms with Gasteiger partial charge in [-0.15, -0.1) is 0 Å². The van der Waals surface area contributed by atoms with Gasteiger partial charge in [-0.1, -0.05) is 6.07 Å². The number of ether oxygens (including phenoxy) is 1. The van der Waals surface area contributed by atoms with Crippen LogP contribution in [0, 0.1) is 12.8 Å². The van der Waals surface area contributed by atoms with E-state index in [1.165, 1.54) is 20.2 Å². The molecule has 0 radical (unpaired) electrons. The number of hydrogen-bond donors (Lipinski definition) is 1. The minimum Gasteiger partial charge on any atom is -0.381 e. The zero-order chi connectivity index (χ0) is 16.3. The van der Waals surface area contributed by atoms with E-state index in [9.17, 15) is 13.2 Å². The van der Waals surface area contributed by atoms with Crippen molar-refractivity contribution < 1.29 is 17.9 Å². The third-order valence-corrected chi connectivity index (χ3v) is 5.65. The maximum atomic E-state index is 12.3. The van der Waals surface area contributed by atoms with Crippen LogP contribution >= 0.6 is 0 Å². The zero-order valence-corrected chi connectivity index (χ0v) is 13.9. The molecule has 0 aliphatic carbocycles. The highest BCUT2D eigenvalue weighted by atomic mass is 32.2. The van der Waals surface area contributed by atoms with Crippen molar-refractivity contribution in [3.63, 3.8) is 0 Å². The molecule has 6 nitrogen and oxygen atoms in total. The molecule has 1 amide bonds. The summed E-state index contributed by atoms with van der Waals surface area (Å²) in [6, 6.07) is 4.77. The second-order valence-electron chi connectivity index (χ2n) is 5.64. The molecule has 7 heteroatoms. The van der Waals surface area contributed by atoms with Gasteiger partial charge < -0.3 is 10.1 Å². The molecule has 1 aliphatic rings. The molecule has 1 aliphatic heterocycles. The number of nitrogens with one attached hydrogen (secondary N) is 1. The molecule has 122 valence electrons. The molecule has 1 aromatic carbocycles. The summed E-state index contributed by atoms with van der Waals surface area (Å²) in [4.78, 5) is 12.5. The van der Waals surface area contributed by atoms with Crippen molar-refractivity contribution in [1.29, 1.82) is 0 Å². The molecule has 0 spiro atoms. The smallest absolute Gasteiger partial charge is 0.242 e. The average Bonchev–Trinajstić information content (AvgIpc) is 2.50. The van der Waals surface area contributed by atoms with Gasteiger partial charge in [-0.05, 0) is 37.5 Å². The highest BCUT2D eigenvalue weighted by Gasteiger charge is 2.23. The minimum atomic E-state index is -3.51. The van der Waals surface area contributed by atoms with Crippen LogP contribution in [0.4, 0.5) is 5.69 Å². The van der Waals surface area contributed by atoms with Crippen molar-refractivity contribution in [1.82, 2.24) is 4.31 Å². The summed E-state index contributed by atoms with van der Waals surface area (Å²) in [6.07, 6.45) is 1.39. The first kappa shape index (κ1) is 16.9. The Balaban J connectivity index is 2.22. The Labute approximate surface area is 131 Å². The number of rotatable bonds is 4. The van der Waals surface area contributed by atoms with E-state index in [4.69, 9.17) is 4.74 Å². The molecule has 0 saturated carbocycles. The van der Waals surface area contributed by atoms with Crippen molar-refractivity contribution >= 4 is 21.6 Å². The first-order chi connectivity index (χ1) is 10.3. The van der Waals surface area contributed by atoms with Crippen LogP contribution in [0.25, 0.3) is 0 Å². The van der Waals surface area contributed by atoms with Gasteiger partial charge in [0.25, 0.3) is 0 Å². The first-order valence-electron chi connectivity index (χ1n) is 7.24. The molecular formula is C15H22N2O4S. The molecule has 0 unspecified atom stereocenters. The maximum absolute atomic E-state index is 12.3. The number of hydrogen-bond acceptors (Lipinski definition) is 4. The summed E-state index contributed by atoms with van der Waals surface area (Å²) in [5.74, 6) is -0.159. The lowest BCUT2D eigenvalue weighted by molar-refractivity contribution is -0.122. The zero-order valence-electron chi connectivity index (χ0n) is 13.1. The summed E-state index contributed by atoms with van der Waals surface area (Å²) in [5, 5.41) is 2.85. The van der Waals surface area contributed by atoms with Gasteiger partial charge in [-0.25, -0.2) is 12.7 Å². The van der Waals surface area contributed by atoms with Gasteiger partial charge in [0.2, 0.25) is 15.9 Å². The molecule has 0 atom stereocenters. The van der Waals surface area contributed by atoms with E-state index in [0.717, 1.165) is 9.87 Å². The first-order valence-corrected chi connectivity index (χ1v) is 8.68. The fourth-order valence-electron chi connectivity index (χ4n) is 2.30. The van der Waals surface area contributed by atoms with E-state index in [1.807, 2.05) is 6.92 Å². The lowest BCUT2D eigenvalue weighted by atomic mass is 9.99. The fraction of sp³-hybridized carbons (Fsp3) is 0.533. The monoisotopic (exact) mass is 326 g/mol. The van der Waals surface area contributed by atoms with E-state index < -0.39 is 10.0 Å². The molecule has 0 aromatic heterocycles. The minimum absolute atomic E-state index is 0.0780. The van der Waals surface area contributed by atoms with Gasteiger partial charge in [0.1, 0.15) is 0 Å². The van der Waals surface area contributed by atoms with Crippen LogP contribution in [0.5, 0.6) is 0 Å². The number of carbonyl (C=O) groups is 1. The number of carbonyl (C=O) groups excluding carboxylic acids is 1. The van der Waals surface area contributed by atoms with Crippen LogP contribution in [0.1, 0.15) is 18.4 Å². The molecule has 2 rings (SSSR count). The normalized spacial score (nSPS) is 16.7. The third kappa shape index (κ3) is 3.66. The van der Waals surface area contributed by atoms with Gasteiger partial charge >= 0.3 is 0 Å². The fourth-order valence-corrected chi connectivity index (χ4v) is 3.23. The Morgan fingerprint density at radius 2 is 1.91 bits per heavy atom. The molecular weight excluding hydrogens is 304 g/mol. The number of benzene rings is 1. The highest BCUT2D eigenvalue weighted by Crippen LogP contribution is 2.24. The van der Waals surface area contributed by atoms with Crippen LogP contribution < -0.4 is 5.32 Å². The molecule has 1 heterocycles. The SMILES string of the molecule is Cc1ccc(S(=O)(=O)N(C)C)cc1NC(=O)C1CCOCC1. The Hall–Kier alpha value is -1.44. The summed E-state index contributed by atoms with van der Waals surface area (Å²) in [6.45, 7) is 3.02. The molecule has 1 aromatic rings. The van der Waals surface area contributed by atoms with Crippen LogP contribution in [0.15, 0.2) is 23.1 Å². The van der Waals surface area contributed by atoms with Gasteiger partial charge in [0.15, 0.2) is 0 Å². The predicted octanol–water partition coefficient (Wildman–Crippen LogP) is 1.61. The van der Waals surface area contributed by atoms with Gasteiger partial charge in [-0.3, -0.25) is 4.79 Å². The topological polar surface area (TPSA) is 75.7 Å². The van der Waals surface area contributed by atoms with Gasteiger partial charge in [-0.2, -0.15) is 0 Å². The predicted molar refractivity (Wildman–Crippen MR) is 84.2 cm³/mol. The van der Waals surface area contributed by atoms with Crippen molar-refractivity contribution in [2.24, 2.45) is 5.92 Å². The number of anilines is 1. The second-order valence-corrected chi connectivity index (χ2v) is 7.79. The molecule has 22 heavy (non-hydrogen) atoms. The van der Waals surface area contributed by atoms with Crippen molar-refractivity contribution in [2.45, 2.75) is 24.7 Å². The molecule has 1 saturated heterocycles. The summed E-state index contributed by atoms with van der Waals surface area (Å²) in [5.41, 5.74) is 1.37. The molecule has 1 N–H and O–H groups in total. The highest BCUT2D eigenvalue weighted by molar-refractivity contribution is 7.89. The van der Waals surface area contributed by atoms with E-state index in [2.05, 4.69) is 5.32 Å². The summed E-state index contributed by atoms with van der Waals surface area (Å²) >= 11 is 0. The Morgan fingerprint density at radius 1 is 1.27 bits per heavy atom. The standard InChI is InChI=1S/C15H22N2O4S/c1-11-4-5-13(22(19,20)17(2)3)10-14(11)16-15(18)12-6-8-21-9-7-12/h4-5,10,12H,6-9H2,1-3H3,(H,16,18). The second kappa shape index (κ2) is 6.76. The number of amides is 1. The van der Waals surface area contributed by atoms with E-state index in [0.29, 0.717) is 31.7 Å². The Kier molecular flexibility index (Phi) is 5.20. The average molecular weight is 326 g/mol. The van der Waals surface area contributed by atoms with E-state index in [-0.39, 0.29) is 16.7 Å². The lowest BCUT2D eigenvalue weighted by Crippen LogP contribution is -2.29. The summed E-state index contributed by atoms with van der Waals surface area (Å²) < 4.78 is 30.8. The maximum Gasteiger partial charge on any atom is 0.242 e. The van der Waals surface area contributed by atoms with Crippen molar-refractivity contribution in [2.75, 3.05) is 32.6 Å². The molecule has 0 bridgehead atoms. The quantitative estimate of drug-likeness (QED) is 0.912. The van der Waals surface area contributed by atoms with Crippen LogP contribution in [-0.4, -0.2) is 45.9 Å². The van der Waals surface area contributed by atoms with Gasteiger partial charge in [0.05, 0.1) is 4.90 Å². The number of aryl methyl sites for hydroxylation is 1. The van der Waals surface area contributed by atoms with Crippen molar-refractivity contribution in [3.8, 4) is 0 Å². The van der Waals surface area contributed by atoms with Crippen LogP contribution in [0.2, 0.25) is 0 Å². The third-order valence-electron chi connectivity index (χ3n) is 3.84. The summed E-state index contributed by atoms with van der Waals surface area (Å²) in [7, 11) is -0.552. The number of nitrogens with zero attached hydrogens (tertiary/aromatic N) is 1. The lowest BCUT2D eigenvalue weighted by Gasteiger charge is -2.22. The van der Waals surface area contributed by atoms with Crippen LogP contribution in [-0.2, 0) is 19.6 Å². The Morgan fingerprint density at radius 3 is 2.50 bits per heavy atom. The van der Waals surface area contributed by atoms with E-state index >= 15 is 0 Å². The van der Waals surface area contributed by atoms with Crippen LogP contribution in [0.3, 0.4) is 0 Å². The van der Waals surface area contributed by atoms with Crippen molar-refractivity contribution in [3.05, 3.63) is 23.8 Å². The molecule has 1 fully saturated rings. The number of sulfonamides is 1. The largest absolute Gasteiger partial charge is 0.381 e. The Bertz CT molecular complexity index is 650.